The molecule has 6 nitrogen and oxygen atoms in total. The number of carbonyl (C=O) groups is 2. The molecule has 3 fully saturated rings. The monoisotopic (exact) mass is 593 g/mol. The minimum absolute atomic E-state index is 0.0474. The predicted octanol–water partition coefficient (Wildman–Crippen LogP) is 6.04. The molecule has 1 unspecified atom stereocenters. The van der Waals surface area contributed by atoms with Gasteiger partial charge in [-0.25, -0.2) is 8.78 Å². The second-order valence-electron chi connectivity index (χ2n) is 11.7. The van der Waals surface area contributed by atoms with Crippen LogP contribution >= 0.6 is 23.2 Å². The van der Waals surface area contributed by atoms with Gasteiger partial charge in [-0.2, -0.15) is 0 Å². The third-order valence-corrected chi connectivity index (χ3v) is 9.95. The second kappa shape index (κ2) is 11.5. The van der Waals surface area contributed by atoms with Gasteiger partial charge in [-0.3, -0.25) is 9.59 Å². The van der Waals surface area contributed by atoms with Crippen LogP contribution < -0.4 is 20.7 Å². The summed E-state index contributed by atoms with van der Waals surface area (Å²) >= 11 is 12.8. The van der Waals surface area contributed by atoms with Crippen LogP contribution in [0.15, 0.2) is 36.4 Å². The fourth-order valence-corrected chi connectivity index (χ4v) is 7.49. The Balaban J connectivity index is 1.36. The minimum Gasteiger partial charge on any atom is -0.497 e. The van der Waals surface area contributed by atoms with E-state index in [2.05, 4.69) is 16.0 Å². The van der Waals surface area contributed by atoms with Crippen molar-refractivity contribution >= 4 is 35.0 Å². The molecule has 216 valence electrons. The van der Waals surface area contributed by atoms with E-state index in [1.165, 1.54) is 19.1 Å². The number of hydrogen-bond donors (Lipinski definition) is 3. The maximum absolute atomic E-state index is 15.3. The van der Waals surface area contributed by atoms with E-state index < -0.39 is 28.9 Å². The summed E-state index contributed by atoms with van der Waals surface area (Å²) in [5.74, 6) is -0.690. The average Bonchev–Trinajstić information content (AvgIpc) is 3.60. The van der Waals surface area contributed by atoms with Crippen molar-refractivity contribution in [3.63, 3.8) is 0 Å². The van der Waals surface area contributed by atoms with Crippen molar-refractivity contribution < 1.29 is 23.1 Å². The molecule has 0 saturated heterocycles. The summed E-state index contributed by atoms with van der Waals surface area (Å²) in [4.78, 5) is 25.8. The summed E-state index contributed by atoms with van der Waals surface area (Å²) in [5, 5.41) is 9.80. The van der Waals surface area contributed by atoms with Crippen LogP contribution in [0.2, 0.25) is 10.0 Å². The Hall–Kier alpha value is -2.42. The van der Waals surface area contributed by atoms with E-state index >= 15 is 8.78 Å². The summed E-state index contributed by atoms with van der Waals surface area (Å²) in [6, 6.07) is 9.09. The first-order valence-corrected chi connectivity index (χ1v) is 14.5. The highest BCUT2D eigenvalue weighted by atomic mass is 35.5. The molecule has 2 amide bonds. The molecule has 3 aliphatic carbocycles. The van der Waals surface area contributed by atoms with Gasteiger partial charge in [0.15, 0.2) is 0 Å². The number of benzene rings is 2. The van der Waals surface area contributed by atoms with E-state index in [-0.39, 0.29) is 45.9 Å². The average molecular weight is 595 g/mol. The lowest BCUT2D eigenvalue weighted by Crippen LogP contribution is -2.45. The summed E-state index contributed by atoms with van der Waals surface area (Å²) < 4.78 is 35.8. The number of carbonyl (C=O) groups excluding carboxylic acids is 2. The molecule has 5 rings (SSSR count). The molecule has 0 aromatic heterocycles. The smallest absolute Gasteiger partial charge is 0.223 e. The van der Waals surface area contributed by atoms with Gasteiger partial charge in [0.1, 0.15) is 17.2 Å². The van der Waals surface area contributed by atoms with Gasteiger partial charge in [0, 0.05) is 37.0 Å². The topological polar surface area (TPSA) is 79.5 Å². The van der Waals surface area contributed by atoms with E-state index in [0.29, 0.717) is 45.1 Å². The first-order valence-electron chi connectivity index (χ1n) is 13.8. The highest BCUT2D eigenvalue weighted by Gasteiger charge is 2.59. The van der Waals surface area contributed by atoms with Gasteiger partial charge in [-0.05, 0) is 80.2 Å². The third-order valence-electron chi connectivity index (χ3n) is 9.13. The van der Waals surface area contributed by atoms with Crippen LogP contribution in [0.25, 0.3) is 0 Å². The van der Waals surface area contributed by atoms with Crippen molar-refractivity contribution in [3.05, 3.63) is 63.4 Å². The van der Waals surface area contributed by atoms with E-state index in [4.69, 9.17) is 27.9 Å². The summed E-state index contributed by atoms with van der Waals surface area (Å²) in [6.45, 7) is 2.00. The predicted molar refractivity (Wildman–Crippen MR) is 151 cm³/mol. The SMILES string of the molecule is COc1ccc(CN[C@@H]2CC(C(=O)N[C@H](c3c(F)ccc(Cl)c3Cl)C34CCC(F)(CC3)C4)C[C@@H]2NC(C)=O)cc1. The molecule has 40 heavy (non-hydrogen) atoms. The van der Waals surface area contributed by atoms with Gasteiger partial charge in [0.2, 0.25) is 11.8 Å². The van der Waals surface area contributed by atoms with Gasteiger partial charge in [0.25, 0.3) is 0 Å². The lowest BCUT2D eigenvalue weighted by atomic mass is 9.74. The van der Waals surface area contributed by atoms with Gasteiger partial charge >= 0.3 is 0 Å². The highest BCUT2D eigenvalue weighted by molar-refractivity contribution is 6.42. The fraction of sp³-hybridized carbons (Fsp3) is 0.533. The van der Waals surface area contributed by atoms with Crippen molar-refractivity contribution in [2.24, 2.45) is 11.3 Å². The van der Waals surface area contributed by atoms with Gasteiger partial charge in [0.05, 0.1) is 23.2 Å². The first kappa shape index (κ1) is 29.1. The fourth-order valence-electron chi connectivity index (χ4n) is 7.06. The third kappa shape index (κ3) is 5.81. The Morgan fingerprint density at radius 3 is 2.33 bits per heavy atom. The lowest BCUT2D eigenvalue weighted by molar-refractivity contribution is -0.127. The number of rotatable bonds is 9. The summed E-state index contributed by atoms with van der Waals surface area (Å²) in [7, 11) is 1.61. The molecule has 3 saturated carbocycles. The number of ether oxygens (including phenoxy) is 1. The normalized spacial score (nSPS) is 29.8. The van der Waals surface area contributed by atoms with Crippen LogP contribution in [0.4, 0.5) is 8.78 Å². The van der Waals surface area contributed by atoms with E-state index in [1.54, 1.807) is 7.11 Å². The molecule has 3 aliphatic rings. The maximum Gasteiger partial charge on any atom is 0.223 e. The molecule has 4 atom stereocenters. The zero-order valence-electron chi connectivity index (χ0n) is 22.7. The number of alkyl halides is 1. The summed E-state index contributed by atoms with van der Waals surface area (Å²) in [6.07, 6.45) is 2.97. The number of hydrogen-bond acceptors (Lipinski definition) is 4. The number of halogens is 4. The molecule has 0 spiro atoms. The van der Waals surface area contributed by atoms with Gasteiger partial charge < -0.3 is 20.7 Å². The van der Waals surface area contributed by atoms with Crippen molar-refractivity contribution in [2.75, 3.05) is 7.11 Å². The number of nitrogens with one attached hydrogen (secondary N) is 3. The molecule has 0 radical (unpaired) electrons. The maximum atomic E-state index is 15.3. The summed E-state index contributed by atoms with van der Waals surface area (Å²) in [5.41, 5.74) is -0.775. The lowest BCUT2D eigenvalue weighted by Gasteiger charge is -2.38. The van der Waals surface area contributed by atoms with Crippen molar-refractivity contribution in [1.82, 2.24) is 16.0 Å². The molecule has 2 bridgehead atoms. The Morgan fingerprint density at radius 2 is 1.73 bits per heavy atom. The molecule has 10 heteroatoms. The molecule has 0 heterocycles. The zero-order chi connectivity index (χ0) is 28.7. The molecule has 2 aromatic carbocycles. The Bertz CT molecular complexity index is 1270. The molecule has 2 aromatic rings. The van der Waals surface area contributed by atoms with E-state index in [1.807, 2.05) is 24.3 Å². The number of amides is 2. The van der Waals surface area contributed by atoms with Gasteiger partial charge in [-0.15, -0.1) is 0 Å². The first-order chi connectivity index (χ1) is 19.0. The highest BCUT2D eigenvalue weighted by Crippen LogP contribution is 2.64. The Labute approximate surface area is 243 Å². The van der Waals surface area contributed by atoms with Crippen LogP contribution in [0.1, 0.15) is 69.0 Å². The van der Waals surface area contributed by atoms with Crippen LogP contribution in [-0.4, -0.2) is 36.7 Å². The van der Waals surface area contributed by atoms with Crippen LogP contribution in [0.5, 0.6) is 5.75 Å². The van der Waals surface area contributed by atoms with Crippen LogP contribution in [0.3, 0.4) is 0 Å². The molecular formula is C30H35Cl2F2N3O3. The standard InChI is InChI=1S/C30H35Cl2F2N3O3/c1-17(38)36-24-14-19(13-23(24)35-15-18-3-5-20(40-2)6-4-18)28(39)37-27(25-22(33)8-7-21(31)26(25)32)29-9-11-30(34,16-29)12-10-29/h3-8,19,23-24,27,35H,9-16H2,1-2H3,(H,36,38)(H,37,39)/t19?,23-,24+,27-,29?,30?/m1/s1. The van der Waals surface area contributed by atoms with Crippen molar-refractivity contribution in [3.8, 4) is 5.75 Å². The largest absolute Gasteiger partial charge is 0.497 e. The number of fused-ring (bicyclic) bond motifs is 2. The second-order valence-corrected chi connectivity index (χ2v) is 12.5. The van der Waals surface area contributed by atoms with Crippen molar-refractivity contribution in [2.45, 2.75) is 82.2 Å². The Morgan fingerprint density at radius 1 is 1.05 bits per heavy atom. The van der Waals surface area contributed by atoms with E-state index in [0.717, 1.165) is 11.3 Å². The quantitative estimate of drug-likeness (QED) is 0.309. The Kier molecular flexibility index (Phi) is 8.33. The van der Waals surface area contributed by atoms with E-state index in [9.17, 15) is 9.59 Å². The molecule has 0 aliphatic heterocycles. The van der Waals surface area contributed by atoms with Crippen LogP contribution in [-0.2, 0) is 16.1 Å². The van der Waals surface area contributed by atoms with Crippen molar-refractivity contribution in [1.29, 1.82) is 0 Å². The molecule has 3 N–H and O–H groups in total. The zero-order valence-corrected chi connectivity index (χ0v) is 24.2. The number of methoxy groups -OCH3 is 1. The minimum atomic E-state index is -1.30. The molecular weight excluding hydrogens is 559 g/mol. The van der Waals surface area contributed by atoms with Gasteiger partial charge in [-0.1, -0.05) is 35.3 Å². The van der Waals surface area contributed by atoms with Crippen LogP contribution in [0, 0.1) is 17.2 Å².